The van der Waals surface area contributed by atoms with E-state index < -0.39 is 17.4 Å². The van der Waals surface area contributed by atoms with E-state index in [9.17, 15) is 9.18 Å². The van der Waals surface area contributed by atoms with Crippen LogP contribution in [0.15, 0.2) is 53.8 Å². The van der Waals surface area contributed by atoms with Crippen LogP contribution in [0.4, 0.5) is 10.2 Å². The predicted octanol–water partition coefficient (Wildman–Crippen LogP) is 5.06. The summed E-state index contributed by atoms with van der Waals surface area (Å²) in [6, 6.07) is 9.00. The van der Waals surface area contributed by atoms with Crippen LogP contribution in [0.25, 0.3) is 27.8 Å². The highest BCUT2D eigenvalue weighted by Gasteiger charge is 2.24. The van der Waals surface area contributed by atoms with Crippen molar-refractivity contribution in [1.82, 2.24) is 29.5 Å². The minimum absolute atomic E-state index is 0.0214. The second-order valence-corrected chi connectivity index (χ2v) is 8.03. The van der Waals surface area contributed by atoms with Gasteiger partial charge < -0.3 is 10.3 Å². The van der Waals surface area contributed by atoms with Crippen LogP contribution in [-0.2, 0) is 0 Å². The lowest BCUT2D eigenvalue weighted by Crippen LogP contribution is -2.29. The lowest BCUT2D eigenvalue weighted by atomic mass is 10.1. The van der Waals surface area contributed by atoms with Gasteiger partial charge in [0.2, 0.25) is 0 Å². The van der Waals surface area contributed by atoms with E-state index in [4.69, 9.17) is 28.2 Å². The van der Waals surface area contributed by atoms with Crippen LogP contribution in [0.5, 0.6) is 0 Å². The molecule has 3 aromatic heterocycles. The molecule has 0 unspecified atom stereocenters. The number of rotatable bonds is 5. The molecule has 33 heavy (non-hydrogen) atoms. The van der Waals surface area contributed by atoms with E-state index in [2.05, 4.69) is 25.3 Å². The summed E-state index contributed by atoms with van der Waals surface area (Å²) < 4.78 is 15.6. The van der Waals surface area contributed by atoms with E-state index in [1.165, 1.54) is 29.4 Å². The average Bonchev–Trinajstić information content (AvgIpc) is 3.30. The van der Waals surface area contributed by atoms with Crippen molar-refractivity contribution in [2.45, 2.75) is 19.4 Å². The molecule has 0 fully saturated rings. The van der Waals surface area contributed by atoms with E-state index >= 15 is 0 Å². The number of nitrogens with one attached hydrogen (secondary N) is 2. The number of aromatic nitrogens is 6. The molecule has 8 nitrogen and oxygen atoms in total. The Kier molecular flexibility index (Phi) is 5.43. The summed E-state index contributed by atoms with van der Waals surface area (Å²) in [7, 11) is 0. The zero-order valence-corrected chi connectivity index (χ0v) is 18.7. The Bertz CT molecular complexity index is 1570. The molecule has 0 bridgehead atoms. The molecule has 0 spiro atoms. The number of fused-ring (bicyclic) bond motifs is 2. The molecule has 2 aromatic carbocycles. The predicted molar refractivity (Wildman–Crippen MR) is 126 cm³/mol. The van der Waals surface area contributed by atoms with Crippen molar-refractivity contribution in [2.24, 2.45) is 0 Å². The maximum absolute atomic E-state index is 14.2. The van der Waals surface area contributed by atoms with Gasteiger partial charge in [0, 0.05) is 0 Å². The molecule has 5 aromatic rings. The quantitative estimate of drug-likeness (QED) is 0.362. The second-order valence-electron chi connectivity index (χ2n) is 7.24. The largest absolute Gasteiger partial charge is 0.358 e. The molecule has 0 amide bonds. The molecule has 1 atom stereocenters. The fourth-order valence-corrected chi connectivity index (χ4v) is 4.17. The third kappa shape index (κ3) is 3.59. The third-order valence-electron chi connectivity index (χ3n) is 5.30. The number of aromatic amines is 1. The number of anilines is 1. The van der Waals surface area contributed by atoms with Crippen LogP contribution in [0.3, 0.4) is 0 Å². The SMILES string of the molecule is CC[C@@H](Nc1ncnc2[nH]cnc12)c1nc2ccc(F)c(Cl)c2c(=O)n1-c1ccccc1Cl. The second kappa shape index (κ2) is 8.42. The van der Waals surface area contributed by atoms with E-state index in [1.54, 1.807) is 24.3 Å². The maximum Gasteiger partial charge on any atom is 0.267 e. The lowest BCUT2D eigenvalue weighted by molar-refractivity contribution is 0.628. The standard InChI is InChI=1S/C22H16Cl2FN7O/c1-2-13(30-20-18-19(27-9-26-18)28-10-29-20)21-31-14-8-7-12(25)17(24)16(14)22(33)32(21)15-6-4-3-5-11(15)23/h3-10,13H,2H2,1H3,(H2,26,27,28,29,30)/t13-/m1/s1. The maximum atomic E-state index is 14.2. The average molecular weight is 484 g/mol. The number of hydrogen-bond acceptors (Lipinski definition) is 6. The number of benzene rings is 2. The van der Waals surface area contributed by atoms with Crippen LogP contribution >= 0.6 is 23.2 Å². The van der Waals surface area contributed by atoms with Crippen LogP contribution < -0.4 is 10.9 Å². The van der Waals surface area contributed by atoms with Crippen LogP contribution in [0, 0.1) is 5.82 Å². The first kappa shape index (κ1) is 21.3. The molecular weight excluding hydrogens is 468 g/mol. The molecule has 0 saturated carbocycles. The summed E-state index contributed by atoms with van der Waals surface area (Å²) in [5.41, 5.74) is 1.27. The Balaban J connectivity index is 1.78. The first-order valence-electron chi connectivity index (χ1n) is 10.1. The van der Waals surface area contributed by atoms with Gasteiger partial charge in [-0.15, -0.1) is 0 Å². The van der Waals surface area contributed by atoms with E-state index in [-0.39, 0.29) is 15.9 Å². The molecule has 5 rings (SSSR count). The Labute approximate surface area is 196 Å². The third-order valence-corrected chi connectivity index (χ3v) is 5.98. The number of imidazole rings is 1. The molecule has 2 N–H and O–H groups in total. The first-order valence-corrected chi connectivity index (χ1v) is 10.8. The van der Waals surface area contributed by atoms with Gasteiger partial charge in [-0.2, -0.15) is 0 Å². The zero-order valence-electron chi connectivity index (χ0n) is 17.2. The topological polar surface area (TPSA) is 101 Å². The smallest absolute Gasteiger partial charge is 0.267 e. The molecule has 0 aliphatic carbocycles. The summed E-state index contributed by atoms with van der Waals surface area (Å²) in [6.45, 7) is 1.94. The van der Waals surface area contributed by atoms with Gasteiger partial charge in [0.1, 0.15) is 23.5 Å². The lowest BCUT2D eigenvalue weighted by Gasteiger charge is -2.22. The molecule has 0 saturated heterocycles. The van der Waals surface area contributed by atoms with E-state index in [0.717, 1.165) is 0 Å². The molecule has 3 heterocycles. The zero-order chi connectivity index (χ0) is 23.1. The molecule has 166 valence electrons. The van der Waals surface area contributed by atoms with Crippen LogP contribution in [0.1, 0.15) is 25.2 Å². The van der Waals surface area contributed by atoms with Crippen molar-refractivity contribution in [3.8, 4) is 5.69 Å². The Hall–Kier alpha value is -3.56. The van der Waals surface area contributed by atoms with Gasteiger partial charge in [0.25, 0.3) is 5.56 Å². The van der Waals surface area contributed by atoms with Gasteiger partial charge in [-0.25, -0.2) is 24.3 Å². The first-order chi connectivity index (χ1) is 16.0. The van der Waals surface area contributed by atoms with Gasteiger partial charge in [0.05, 0.1) is 39.0 Å². The van der Waals surface area contributed by atoms with Gasteiger partial charge in [-0.3, -0.25) is 9.36 Å². The monoisotopic (exact) mass is 483 g/mol. The van der Waals surface area contributed by atoms with Crippen molar-refractivity contribution in [2.75, 3.05) is 5.32 Å². The number of nitrogens with zero attached hydrogens (tertiary/aromatic N) is 5. The summed E-state index contributed by atoms with van der Waals surface area (Å²) in [5, 5.41) is 3.34. The number of para-hydroxylation sites is 1. The normalized spacial score (nSPS) is 12.4. The van der Waals surface area contributed by atoms with Crippen LogP contribution in [-0.4, -0.2) is 29.5 Å². The van der Waals surface area contributed by atoms with Crippen molar-refractivity contribution in [3.63, 3.8) is 0 Å². The highest BCUT2D eigenvalue weighted by Crippen LogP contribution is 2.30. The van der Waals surface area contributed by atoms with Gasteiger partial charge >= 0.3 is 0 Å². The van der Waals surface area contributed by atoms with Crippen LogP contribution in [0.2, 0.25) is 10.0 Å². The Morgan fingerprint density at radius 1 is 1.15 bits per heavy atom. The minimum atomic E-state index is -0.700. The highest BCUT2D eigenvalue weighted by atomic mass is 35.5. The van der Waals surface area contributed by atoms with Gasteiger partial charge in [-0.1, -0.05) is 42.3 Å². The van der Waals surface area contributed by atoms with E-state index in [1.807, 2.05) is 6.92 Å². The van der Waals surface area contributed by atoms with Crippen molar-refractivity contribution >= 4 is 51.1 Å². The highest BCUT2D eigenvalue weighted by molar-refractivity contribution is 6.35. The Morgan fingerprint density at radius 3 is 2.76 bits per heavy atom. The molecule has 11 heteroatoms. The number of halogens is 3. The fourth-order valence-electron chi connectivity index (χ4n) is 3.71. The van der Waals surface area contributed by atoms with Crippen molar-refractivity contribution in [3.05, 3.63) is 81.1 Å². The van der Waals surface area contributed by atoms with Crippen molar-refractivity contribution in [1.29, 1.82) is 0 Å². The number of hydrogen-bond donors (Lipinski definition) is 2. The summed E-state index contributed by atoms with van der Waals surface area (Å²) >= 11 is 12.6. The summed E-state index contributed by atoms with van der Waals surface area (Å²) in [4.78, 5) is 34.0. The molecule has 0 radical (unpaired) electrons. The van der Waals surface area contributed by atoms with Gasteiger partial charge in [0.15, 0.2) is 11.5 Å². The Morgan fingerprint density at radius 2 is 1.97 bits per heavy atom. The van der Waals surface area contributed by atoms with Crippen molar-refractivity contribution < 1.29 is 4.39 Å². The molecule has 0 aliphatic heterocycles. The summed E-state index contributed by atoms with van der Waals surface area (Å²) in [5.74, 6) is 0.145. The minimum Gasteiger partial charge on any atom is -0.358 e. The fraction of sp³-hybridized carbons (Fsp3) is 0.136. The molecule has 0 aliphatic rings. The number of H-pyrrole nitrogens is 1. The van der Waals surface area contributed by atoms with E-state index in [0.29, 0.717) is 39.9 Å². The molecular formula is C22H16Cl2FN7O. The summed E-state index contributed by atoms with van der Waals surface area (Å²) in [6.07, 6.45) is 3.47. The van der Waals surface area contributed by atoms with Gasteiger partial charge in [-0.05, 0) is 30.7 Å².